The molecule has 138 valence electrons. The minimum absolute atomic E-state index is 0.102. The average Bonchev–Trinajstić information content (AvgIpc) is 2.72. The number of esters is 1. The Bertz CT molecular complexity index is 834. The summed E-state index contributed by atoms with van der Waals surface area (Å²) in [6.07, 6.45) is 5.29. The molecule has 3 aliphatic carbocycles. The molecule has 0 radical (unpaired) electrons. The van der Waals surface area contributed by atoms with Gasteiger partial charge in [-0.1, -0.05) is 0 Å². The summed E-state index contributed by atoms with van der Waals surface area (Å²) in [6, 6.07) is 18.6. The van der Waals surface area contributed by atoms with Gasteiger partial charge in [-0.25, -0.2) is 0 Å². The zero-order chi connectivity index (χ0) is 18.6. The molecule has 0 saturated heterocycles. The third-order valence-electron chi connectivity index (χ3n) is 5.04. The van der Waals surface area contributed by atoms with E-state index in [9.17, 15) is 9.59 Å². The van der Waals surface area contributed by atoms with Crippen LogP contribution >= 0.6 is 0 Å². The van der Waals surface area contributed by atoms with Gasteiger partial charge in [0.25, 0.3) is 0 Å². The summed E-state index contributed by atoms with van der Waals surface area (Å²) in [5.74, 6) is -0.153. The first-order chi connectivity index (χ1) is 13.2. The van der Waals surface area contributed by atoms with Gasteiger partial charge in [-0.3, -0.25) is 0 Å². The molecule has 5 heteroatoms. The molecule has 2 aromatic rings. The molecule has 0 aliphatic heterocycles. The predicted octanol–water partition coefficient (Wildman–Crippen LogP) is 3.34. The Balaban J connectivity index is 1.47. The molecule has 5 rings (SSSR count). The van der Waals surface area contributed by atoms with Crippen molar-refractivity contribution in [3.63, 3.8) is 0 Å². The van der Waals surface area contributed by atoms with Crippen molar-refractivity contribution in [2.75, 3.05) is 0 Å². The van der Waals surface area contributed by atoms with E-state index in [1.165, 1.54) is 0 Å². The molecular formula is C22H20O4Se. The van der Waals surface area contributed by atoms with Crippen LogP contribution in [-0.2, 0) is 9.47 Å². The molecule has 4 nitrogen and oxygen atoms in total. The van der Waals surface area contributed by atoms with Crippen molar-refractivity contribution in [2.24, 2.45) is 11.8 Å². The molecule has 4 unspecified atom stereocenters. The fourth-order valence-electron chi connectivity index (χ4n) is 3.69. The summed E-state index contributed by atoms with van der Waals surface area (Å²) in [4.78, 5) is 24.8. The second-order valence-electron chi connectivity index (χ2n) is 6.77. The maximum absolute atomic E-state index is 12.5. The first kappa shape index (κ1) is 18.0. The maximum atomic E-state index is 12.5. The number of hydrogen-bond acceptors (Lipinski definition) is 4. The van der Waals surface area contributed by atoms with Crippen LogP contribution in [0.1, 0.15) is 23.2 Å². The molecule has 3 aliphatic rings. The van der Waals surface area contributed by atoms with Crippen LogP contribution < -0.4 is 4.46 Å². The summed E-state index contributed by atoms with van der Waals surface area (Å²) in [5.41, 5.74) is 0.515. The Kier molecular flexibility index (Phi) is 5.42. The molecule has 0 amide bonds. The van der Waals surface area contributed by atoms with E-state index in [0.29, 0.717) is 5.56 Å². The fourth-order valence-corrected chi connectivity index (χ4v) is 5.05. The van der Waals surface area contributed by atoms with Gasteiger partial charge in [0.15, 0.2) is 0 Å². The van der Waals surface area contributed by atoms with E-state index in [1.54, 1.807) is 12.1 Å². The summed E-state index contributed by atoms with van der Waals surface area (Å²) in [5, 5.41) is 0. The van der Waals surface area contributed by atoms with Crippen molar-refractivity contribution >= 4 is 30.3 Å². The van der Waals surface area contributed by atoms with Crippen molar-refractivity contribution in [1.82, 2.24) is 0 Å². The molecule has 0 heterocycles. The monoisotopic (exact) mass is 428 g/mol. The number of carbonyl (C=O) groups is 2. The van der Waals surface area contributed by atoms with Crippen molar-refractivity contribution in [1.29, 1.82) is 0 Å². The number of ether oxygens (including phenoxy) is 2. The SMILES string of the molecule is O=C(OC1C2C=CC(CC2)C1OC(=O)c1ccccc1)[Se]c1ccccc1. The van der Waals surface area contributed by atoms with Crippen LogP contribution in [0.15, 0.2) is 72.8 Å². The Morgan fingerprint density at radius 3 is 1.93 bits per heavy atom. The zero-order valence-electron chi connectivity index (χ0n) is 14.7. The van der Waals surface area contributed by atoms with E-state index in [1.807, 2.05) is 48.5 Å². The quantitative estimate of drug-likeness (QED) is 0.417. The van der Waals surface area contributed by atoms with Gasteiger partial charge >= 0.3 is 165 Å². The van der Waals surface area contributed by atoms with Crippen LogP contribution in [0.2, 0.25) is 0 Å². The molecule has 1 fully saturated rings. The third kappa shape index (κ3) is 4.15. The van der Waals surface area contributed by atoms with Gasteiger partial charge in [0.1, 0.15) is 0 Å². The average molecular weight is 427 g/mol. The molecule has 0 N–H and O–H groups in total. The second-order valence-corrected chi connectivity index (χ2v) is 8.89. The van der Waals surface area contributed by atoms with Crippen LogP contribution in [0.3, 0.4) is 0 Å². The van der Waals surface area contributed by atoms with E-state index in [-0.39, 0.29) is 22.7 Å². The van der Waals surface area contributed by atoms with Gasteiger partial charge in [0, 0.05) is 0 Å². The van der Waals surface area contributed by atoms with Crippen LogP contribution in [0.4, 0.5) is 4.79 Å². The summed E-state index contributed by atoms with van der Waals surface area (Å²) in [7, 11) is 0. The molecule has 1 saturated carbocycles. The predicted molar refractivity (Wildman–Crippen MR) is 103 cm³/mol. The molecule has 4 atom stereocenters. The summed E-state index contributed by atoms with van der Waals surface area (Å²) in [6.45, 7) is 0. The van der Waals surface area contributed by atoms with Crippen LogP contribution in [0.25, 0.3) is 0 Å². The van der Waals surface area contributed by atoms with Gasteiger partial charge in [-0.15, -0.1) is 0 Å². The molecule has 2 aromatic carbocycles. The number of fused-ring (bicyclic) bond motifs is 2. The second kappa shape index (κ2) is 8.12. The van der Waals surface area contributed by atoms with Crippen molar-refractivity contribution in [3.05, 3.63) is 78.4 Å². The third-order valence-corrected chi connectivity index (χ3v) is 6.65. The normalized spacial score (nSPS) is 25.8. The first-order valence-electron chi connectivity index (χ1n) is 9.08. The van der Waals surface area contributed by atoms with E-state index in [2.05, 4.69) is 12.2 Å². The van der Waals surface area contributed by atoms with Gasteiger partial charge in [0.05, 0.1) is 0 Å². The minimum atomic E-state index is -0.419. The molecular weight excluding hydrogens is 407 g/mol. The Hall–Kier alpha value is -2.36. The van der Waals surface area contributed by atoms with Gasteiger partial charge in [-0.2, -0.15) is 0 Å². The summed E-state index contributed by atoms with van der Waals surface area (Å²) < 4.78 is 12.6. The number of carbonyl (C=O) groups excluding carboxylic acids is 2. The van der Waals surface area contributed by atoms with Crippen molar-refractivity contribution in [3.8, 4) is 0 Å². The molecule has 0 aromatic heterocycles. The molecule has 27 heavy (non-hydrogen) atoms. The van der Waals surface area contributed by atoms with Gasteiger partial charge in [-0.05, 0) is 0 Å². The molecule has 2 bridgehead atoms. The van der Waals surface area contributed by atoms with Crippen LogP contribution in [0, 0.1) is 11.8 Å². The number of rotatable bonds is 5. The fraction of sp³-hybridized carbons (Fsp3) is 0.273. The van der Waals surface area contributed by atoms with Crippen LogP contribution in [-0.4, -0.2) is 38.0 Å². The van der Waals surface area contributed by atoms with Crippen molar-refractivity contribution in [2.45, 2.75) is 25.0 Å². The number of hydrogen-bond donors (Lipinski definition) is 0. The van der Waals surface area contributed by atoms with E-state index in [0.717, 1.165) is 17.3 Å². The Morgan fingerprint density at radius 1 is 0.778 bits per heavy atom. The zero-order valence-corrected chi connectivity index (χ0v) is 16.4. The van der Waals surface area contributed by atoms with E-state index in [4.69, 9.17) is 9.47 Å². The Labute approximate surface area is 164 Å². The van der Waals surface area contributed by atoms with E-state index >= 15 is 0 Å². The molecule has 0 spiro atoms. The standard InChI is InChI=1S/C22H20O4Se/c23-21(17-7-3-1-4-8-17)25-19-15-11-13-16(14-12-15)20(19)26-22(24)27-18-9-5-2-6-10-18/h1-11,13,15-16,19-20H,12,14H2. The number of benzene rings is 2. The first-order valence-corrected chi connectivity index (χ1v) is 10.8. The summed E-state index contributed by atoms with van der Waals surface area (Å²) >= 11 is -0.407. The van der Waals surface area contributed by atoms with Crippen molar-refractivity contribution < 1.29 is 19.1 Å². The van der Waals surface area contributed by atoms with Crippen LogP contribution in [0.5, 0.6) is 0 Å². The van der Waals surface area contributed by atoms with Gasteiger partial charge < -0.3 is 0 Å². The Morgan fingerprint density at radius 2 is 1.33 bits per heavy atom. The topological polar surface area (TPSA) is 52.6 Å². The van der Waals surface area contributed by atoms with Gasteiger partial charge in [0.2, 0.25) is 0 Å². The van der Waals surface area contributed by atoms with E-state index < -0.39 is 27.2 Å².